The van der Waals surface area contributed by atoms with Gasteiger partial charge in [0.05, 0.1) is 0 Å². The number of nitrogens with zero attached hydrogens (tertiary/aromatic N) is 1. The van der Waals surface area contributed by atoms with E-state index in [0.29, 0.717) is 11.5 Å². The summed E-state index contributed by atoms with van der Waals surface area (Å²) >= 11 is 0. The topological polar surface area (TPSA) is 117 Å². The minimum absolute atomic E-state index is 0.427. The zero-order valence-corrected chi connectivity index (χ0v) is 12.4. The molecule has 0 fully saturated rings. The number of hydrogen-bond acceptors (Lipinski definition) is 6. The predicted molar refractivity (Wildman–Crippen MR) is 65.6 cm³/mol. The third-order valence-corrected chi connectivity index (χ3v) is 3.10. The molecular formula is C8H21NO7P2. The third-order valence-electron chi connectivity index (χ3n) is 2.30. The van der Waals surface area contributed by atoms with Crippen molar-refractivity contribution in [1.82, 2.24) is 5.06 Å². The largest absolute Gasteiger partial charge is 0.326 e. The van der Waals surface area contributed by atoms with Crippen molar-refractivity contribution in [3.05, 3.63) is 0 Å². The van der Waals surface area contributed by atoms with E-state index in [1.807, 2.05) is 6.92 Å². The number of hydroxylamine groups is 2. The lowest BCUT2D eigenvalue weighted by molar-refractivity contribution is -0.275. The molecule has 0 heterocycles. The first-order chi connectivity index (χ1) is 8.38. The fraction of sp³-hybridized carbons (Fsp3) is 1.00. The molecule has 0 aromatic carbocycles. The highest BCUT2D eigenvalue weighted by atomic mass is 31.1. The molecule has 0 spiro atoms. The first-order valence-electron chi connectivity index (χ1n) is 5.64. The molecule has 0 radical (unpaired) electrons. The summed E-state index contributed by atoms with van der Waals surface area (Å²) in [5.74, 6) is 0. The molecule has 0 aromatic rings. The molecule has 0 rings (SSSR count). The second-order valence-corrected chi connectivity index (χ2v) is 5.33. The molecule has 110 valence electrons. The van der Waals surface area contributed by atoms with Gasteiger partial charge in [-0.1, -0.05) is 26.2 Å². The fourth-order valence-electron chi connectivity index (χ4n) is 1.33. The van der Waals surface area contributed by atoms with Gasteiger partial charge in [0.1, 0.15) is 0 Å². The van der Waals surface area contributed by atoms with E-state index >= 15 is 0 Å². The molecule has 0 saturated carbocycles. The summed E-state index contributed by atoms with van der Waals surface area (Å²) in [7, 11) is -6.78. The first-order valence-corrected chi connectivity index (χ1v) is 8.17. The van der Waals surface area contributed by atoms with Crippen LogP contribution in [0, 0.1) is 0 Å². The van der Waals surface area contributed by atoms with Gasteiger partial charge < -0.3 is 15.0 Å². The van der Waals surface area contributed by atoms with Crippen molar-refractivity contribution in [2.75, 3.05) is 0 Å². The van der Waals surface area contributed by atoms with Crippen molar-refractivity contribution < 1.29 is 33.2 Å². The van der Waals surface area contributed by atoms with E-state index in [0.717, 1.165) is 19.3 Å². The van der Waals surface area contributed by atoms with Crippen molar-refractivity contribution in [1.29, 1.82) is 0 Å². The zero-order valence-electron chi connectivity index (χ0n) is 10.4. The lowest BCUT2D eigenvalue weighted by atomic mass is 10.1. The van der Waals surface area contributed by atoms with Crippen LogP contribution < -0.4 is 0 Å². The summed E-state index contributed by atoms with van der Waals surface area (Å²) in [5.41, 5.74) is 0. The highest BCUT2D eigenvalue weighted by molar-refractivity contribution is 7.32. The minimum atomic E-state index is -3.39. The smallest absolute Gasteiger partial charge is 0.320 e. The molecule has 0 amide bonds. The van der Waals surface area contributed by atoms with E-state index in [-0.39, 0.29) is 0 Å². The van der Waals surface area contributed by atoms with Gasteiger partial charge in [0.25, 0.3) is 6.41 Å². The maximum Gasteiger partial charge on any atom is 0.320 e. The van der Waals surface area contributed by atoms with E-state index in [4.69, 9.17) is 9.79 Å². The van der Waals surface area contributed by atoms with Gasteiger partial charge in [0.15, 0.2) is 0 Å². The van der Waals surface area contributed by atoms with Gasteiger partial charge in [-0.2, -0.15) is 0 Å². The zero-order chi connectivity index (χ0) is 14.1. The van der Waals surface area contributed by atoms with Crippen molar-refractivity contribution >= 4 is 16.5 Å². The van der Waals surface area contributed by atoms with Crippen molar-refractivity contribution in [3.8, 4) is 0 Å². The molecule has 18 heavy (non-hydrogen) atoms. The molecule has 0 aliphatic heterocycles. The summed E-state index contributed by atoms with van der Waals surface area (Å²) in [5, 5.41) is 10.2. The monoisotopic (exact) mass is 305 g/mol. The Hall–Kier alpha value is 0.220. The summed E-state index contributed by atoms with van der Waals surface area (Å²) in [6, 6.07) is -0.427. The quantitative estimate of drug-likeness (QED) is 0.242. The van der Waals surface area contributed by atoms with Gasteiger partial charge in [-0.15, -0.1) is 5.06 Å². The van der Waals surface area contributed by atoms with Crippen LogP contribution in [0.2, 0.25) is 0 Å². The van der Waals surface area contributed by atoms with Crippen LogP contribution in [0.5, 0.6) is 0 Å². The van der Waals surface area contributed by atoms with Crippen LogP contribution in [0.4, 0.5) is 0 Å². The van der Waals surface area contributed by atoms with E-state index in [9.17, 15) is 14.3 Å². The maximum atomic E-state index is 10.6. The highest BCUT2D eigenvalue weighted by Crippen LogP contribution is 2.28. The van der Waals surface area contributed by atoms with Crippen LogP contribution >= 0.6 is 16.5 Å². The summed E-state index contributed by atoms with van der Waals surface area (Å²) in [4.78, 5) is 17.2. The van der Waals surface area contributed by atoms with Gasteiger partial charge in [-0.05, 0) is 13.3 Å². The van der Waals surface area contributed by atoms with Crippen LogP contribution in [0.15, 0.2) is 0 Å². The fourth-order valence-corrected chi connectivity index (χ4v) is 2.09. The van der Waals surface area contributed by atoms with Crippen LogP contribution in [-0.2, 0) is 18.2 Å². The molecule has 10 heteroatoms. The summed E-state index contributed by atoms with van der Waals surface area (Å²) < 4.78 is 29.8. The Morgan fingerprint density at radius 2 is 1.67 bits per heavy atom. The predicted octanol–water partition coefficient (Wildman–Crippen LogP) is 1.73. The first kappa shape index (κ1) is 18.2. The average Bonchev–Trinajstić information content (AvgIpc) is 2.26. The van der Waals surface area contributed by atoms with E-state index < -0.39 is 29.0 Å². The molecule has 3 unspecified atom stereocenters. The standard InChI is InChI=1S/C8H21NO7P2/c1-3-4-5-6-7(2)9(10)8(15-17(11)12)16-18(13)14/h7-8,10,17-18H,3-6H2,1-2H3,(H,11,12)(H,13,14). The Kier molecular flexibility index (Phi) is 10.2. The molecule has 0 bridgehead atoms. The molecule has 0 aliphatic carbocycles. The molecule has 3 atom stereocenters. The Morgan fingerprint density at radius 1 is 1.17 bits per heavy atom. The number of rotatable bonds is 10. The lowest BCUT2D eigenvalue weighted by Gasteiger charge is -2.28. The second kappa shape index (κ2) is 10.1. The van der Waals surface area contributed by atoms with Gasteiger partial charge in [-0.25, -0.2) is 0 Å². The second-order valence-electron chi connectivity index (χ2n) is 3.80. The average molecular weight is 305 g/mol. The van der Waals surface area contributed by atoms with Gasteiger partial charge in [0, 0.05) is 6.04 Å². The highest BCUT2D eigenvalue weighted by Gasteiger charge is 2.26. The number of unbranched alkanes of at least 4 members (excludes halogenated alkanes) is 2. The molecule has 0 aliphatic rings. The Morgan fingerprint density at radius 3 is 2.06 bits per heavy atom. The van der Waals surface area contributed by atoms with Crippen LogP contribution in [0.3, 0.4) is 0 Å². The van der Waals surface area contributed by atoms with Crippen LogP contribution in [-0.4, -0.2) is 32.5 Å². The minimum Gasteiger partial charge on any atom is -0.326 e. The van der Waals surface area contributed by atoms with E-state index in [1.54, 1.807) is 6.92 Å². The summed E-state index contributed by atoms with van der Waals surface area (Å²) in [6.07, 6.45) is 1.74. The molecule has 8 nitrogen and oxygen atoms in total. The molecular weight excluding hydrogens is 284 g/mol. The molecule has 3 N–H and O–H groups in total. The SMILES string of the molecule is CCCCCC(C)N(O)C(O[PH](=O)O)O[PH](=O)O. The van der Waals surface area contributed by atoms with Crippen LogP contribution in [0.1, 0.15) is 39.5 Å². The number of hydrogen-bond donors (Lipinski definition) is 3. The van der Waals surface area contributed by atoms with E-state index in [2.05, 4.69) is 9.05 Å². The van der Waals surface area contributed by atoms with Crippen molar-refractivity contribution in [2.45, 2.75) is 52.0 Å². The molecule has 0 aromatic heterocycles. The van der Waals surface area contributed by atoms with Crippen molar-refractivity contribution in [3.63, 3.8) is 0 Å². The normalized spacial score (nSPS) is 18.6. The summed E-state index contributed by atoms with van der Waals surface area (Å²) in [6.45, 7) is 3.69. The molecule has 0 saturated heterocycles. The Balaban J connectivity index is 4.37. The van der Waals surface area contributed by atoms with Gasteiger partial charge in [0.2, 0.25) is 0 Å². The third kappa shape index (κ3) is 8.34. The maximum absolute atomic E-state index is 10.6. The Bertz CT molecular complexity index is 262. The van der Waals surface area contributed by atoms with Gasteiger partial charge in [-0.3, -0.25) is 18.2 Å². The van der Waals surface area contributed by atoms with Crippen molar-refractivity contribution in [2.24, 2.45) is 0 Å². The van der Waals surface area contributed by atoms with E-state index in [1.165, 1.54) is 0 Å². The lowest BCUT2D eigenvalue weighted by Crippen LogP contribution is -2.40. The Labute approximate surface area is 107 Å². The van der Waals surface area contributed by atoms with Crippen LogP contribution in [0.25, 0.3) is 0 Å². The van der Waals surface area contributed by atoms with Gasteiger partial charge >= 0.3 is 16.5 Å².